The summed E-state index contributed by atoms with van der Waals surface area (Å²) < 4.78 is 5.31. The molecule has 20 heavy (non-hydrogen) atoms. The van der Waals surface area contributed by atoms with Gasteiger partial charge in [0.05, 0.1) is 11.5 Å². The molecule has 1 aromatic rings. The zero-order valence-electron chi connectivity index (χ0n) is 11.7. The van der Waals surface area contributed by atoms with Gasteiger partial charge >= 0.3 is 5.69 Å². The van der Waals surface area contributed by atoms with E-state index in [1.807, 2.05) is 6.92 Å². The van der Waals surface area contributed by atoms with Crippen molar-refractivity contribution in [3.63, 3.8) is 0 Å². The lowest BCUT2D eigenvalue weighted by Gasteiger charge is -2.09. The molecule has 0 heterocycles. The Kier molecular flexibility index (Phi) is 5.17. The van der Waals surface area contributed by atoms with Crippen molar-refractivity contribution in [2.75, 3.05) is 25.0 Å². The summed E-state index contributed by atoms with van der Waals surface area (Å²) in [5.41, 5.74) is 0.860. The number of nitro groups is 1. The number of hydrogen-bond donors (Lipinski definition) is 2. The molecule has 0 amide bonds. The van der Waals surface area contributed by atoms with E-state index in [1.54, 1.807) is 12.1 Å². The highest BCUT2D eigenvalue weighted by Crippen LogP contribution is 2.30. The van der Waals surface area contributed by atoms with Crippen molar-refractivity contribution in [2.24, 2.45) is 0 Å². The third-order valence-corrected chi connectivity index (χ3v) is 3.15. The van der Waals surface area contributed by atoms with Crippen LogP contribution in [0.25, 0.3) is 0 Å². The molecule has 2 N–H and O–H groups in total. The number of anilines is 1. The molecule has 0 radical (unpaired) electrons. The summed E-state index contributed by atoms with van der Waals surface area (Å²) in [5, 5.41) is 17.6. The molecule has 2 rings (SSSR count). The van der Waals surface area contributed by atoms with E-state index < -0.39 is 4.92 Å². The number of ether oxygens (including phenoxy) is 1. The summed E-state index contributed by atoms with van der Waals surface area (Å²) in [7, 11) is 0. The van der Waals surface area contributed by atoms with Crippen LogP contribution in [0.1, 0.15) is 26.2 Å². The fourth-order valence-electron chi connectivity index (χ4n) is 1.96. The van der Waals surface area contributed by atoms with Crippen molar-refractivity contribution in [1.82, 2.24) is 5.32 Å². The number of hydrogen-bond acceptors (Lipinski definition) is 5. The first-order valence-electron chi connectivity index (χ1n) is 7.09. The Balaban J connectivity index is 1.83. The standard InChI is InChI=1S/C14H21N3O3/c1-2-20-14-10-12(6-7-13(14)17(18)19)16-9-3-8-15-11-4-5-11/h6-7,10-11,15-16H,2-5,8-9H2,1H3. The maximum atomic E-state index is 10.9. The number of benzene rings is 1. The van der Waals surface area contributed by atoms with E-state index in [0.29, 0.717) is 12.4 Å². The summed E-state index contributed by atoms with van der Waals surface area (Å²) in [6.07, 6.45) is 3.62. The molecule has 110 valence electrons. The summed E-state index contributed by atoms with van der Waals surface area (Å²) in [6, 6.07) is 5.62. The predicted octanol–water partition coefficient (Wildman–Crippen LogP) is 2.55. The molecule has 0 aliphatic heterocycles. The first-order valence-corrected chi connectivity index (χ1v) is 7.09. The summed E-state index contributed by atoms with van der Waals surface area (Å²) in [5.74, 6) is 0.318. The molecule has 0 atom stereocenters. The largest absolute Gasteiger partial charge is 0.487 e. The summed E-state index contributed by atoms with van der Waals surface area (Å²) in [6.45, 7) is 4.06. The Hall–Kier alpha value is -1.82. The van der Waals surface area contributed by atoms with Crippen molar-refractivity contribution in [3.05, 3.63) is 28.3 Å². The van der Waals surface area contributed by atoms with Crippen LogP contribution in [0, 0.1) is 10.1 Å². The highest BCUT2D eigenvalue weighted by Gasteiger charge is 2.19. The van der Waals surface area contributed by atoms with Crippen LogP contribution in [0.5, 0.6) is 5.75 Å². The maximum Gasteiger partial charge on any atom is 0.311 e. The third kappa shape index (κ3) is 4.38. The van der Waals surface area contributed by atoms with Gasteiger partial charge in [-0.1, -0.05) is 0 Å². The minimum absolute atomic E-state index is 0.00722. The van der Waals surface area contributed by atoms with Gasteiger partial charge in [0.1, 0.15) is 0 Å². The summed E-state index contributed by atoms with van der Waals surface area (Å²) in [4.78, 5) is 10.5. The van der Waals surface area contributed by atoms with Crippen molar-refractivity contribution in [2.45, 2.75) is 32.2 Å². The van der Waals surface area contributed by atoms with Gasteiger partial charge in [0.2, 0.25) is 0 Å². The molecule has 1 aliphatic rings. The molecule has 1 saturated carbocycles. The molecule has 1 fully saturated rings. The zero-order chi connectivity index (χ0) is 14.4. The molecule has 0 spiro atoms. The van der Waals surface area contributed by atoms with E-state index >= 15 is 0 Å². The average Bonchev–Trinajstić information content (AvgIpc) is 3.23. The predicted molar refractivity (Wildman–Crippen MR) is 78.4 cm³/mol. The Bertz CT molecular complexity index is 461. The van der Waals surface area contributed by atoms with E-state index in [4.69, 9.17) is 4.74 Å². The van der Waals surface area contributed by atoms with Gasteiger partial charge < -0.3 is 15.4 Å². The first-order chi connectivity index (χ1) is 9.70. The topological polar surface area (TPSA) is 76.4 Å². The van der Waals surface area contributed by atoms with Crippen LogP contribution in [0.4, 0.5) is 11.4 Å². The van der Waals surface area contributed by atoms with Gasteiger partial charge in [0.25, 0.3) is 0 Å². The van der Waals surface area contributed by atoms with Gasteiger partial charge in [-0.3, -0.25) is 10.1 Å². The van der Waals surface area contributed by atoms with E-state index in [2.05, 4.69) is 10.6 Å². The quantitative estimate of drug-likeness (QED) is 0.413. The zero-order valence-corrected chi connectivity index (χ0v) is 11.7. The normalized spacial score (nSPS) is 14.1. The van der Waals surface area contributed by atoms with E-state index in [0.717, 1.165) is 31.2 Å². The van der Waals surface area contributed by atoms with Crippen LogP contribution in [0.3, 0.4) is 0 Å². The molecule has 6 nitrogen and oxygen atoms in total. The second kappa shape index (κ2) is 7.09. The van der Waals surface area contributed by atoms with Crippen molar-refractivity contribution < 1.29 is 9.66 Å². The van der Waals surface area contributed by atoms with Crippen LogP contribution in [0.15, 0.2) is 18.2 Å². The SMILES string of the molecule is CCOc1cc(NCCCNC2CC2)ccc1[N+](=O)[O-]. The second-order valence-corrected chi connectivity index (χ2v) is 4.88. The number of rotatable bonds is 9. The van der Waals surface area contributed by atoms with E-state index in [-0.39, 0.29) is 5.69 Å². The maximum absolute atomic E-state index is 10.9. The lowest BCUT2D eigenvalue weighted by Crippen LogP contribution is -2.19. The van der Waals surface area contributed by atoms with Crippen LogP contribution in [-0.2, 0) is 0 Å². The Morgan fingerprint density at radius 3 is 2.85 bits per heavy atom. The van der Waals surface area contributed by atoms with Crippen molar-refractivity contribution >= 4 is 11.4 Å². The van der Waals surface area contributed by atoms with E-state index in [1.165, 1.54) is 18.9 Å². The van der Waals surface area contributed by atoms with Crippen molar-refractivity contribution in [3.8, 4) is 5.75 Å². The minimum atomic E-state index is -0.422. The molecule has 0 saturated heterocycles. The molecule has 6 heteroatoms. The van der Waals surface area contributed by atoms with Crippen LogP contribution >= 0.6 is 0 Å². The number of nitro benzene ring substituents is 1. The highest BCUT2D eigenvalue weighted by molar-refractivity contribution is 5.57. The molecule has 1 aliphatic carbocycles. The molecular weight excluding hydrogens is 258 g/mol. The molecule has 1 aromatic carbocycles. The lowest BCUT2D eigenvalue weighted by molar-refractivity contribution is -0.385. The van der Waals surface area contributed by atoms with Gasteiger partial charge in [-0.05, 0) is 38.8 Å². The fourth-order valence-corrected chi connectivity index (χ4v) is 1.96. The second-order valence-electron chi connectivity index (χ2n) is 4.88. The Morgan fingerprint density at radius 1 is 1.40 bits per heavy atom. The molecule has 0 aromatic heterocycles. The smallest absolute Gasteiger partial charge is 0.311 e. The number of nitrogens with one attached hydrogen (secondary N) is 2. The molecule has 0 unspecified atom stereocenters. The van der Waals surface area contributed by atoms with Gasteiger partial charge in [0.15, 0.2) is 5.75 Å². The average molecular weight is 279 g/mol. The summed E-state index contributed by atoms with van der Waals surface area (Å²) >= 11 is 0. The fraction of sp³-hybridized carbons (Fsp3) is 0.571. The first kappa shape index (κ1) is 14.6. The van der Waals surface area contributed by atoms with Crippen LogP contribution in [0.2, 0.25) is 0 Å². The number of nitrogens with zero attached hydrogens (tertiary/aromatic N) is 1. The van der Waals surface area contributed by atoms with Crippen LogP contribution < -0.4 is 15.4 Å². The Labute approximate surface area is 118 Å². The van der Waals surface area contributed by atoms with E-state index in [9.17, 15) is 10.1 Å². The third-order valence-electron chi connectivity index (χ3n) is 3.15. The monoisotopic (exact) mass is 279 g/mol. The Morgan fingerprint density at radius 2 is 2.20 bits per heavy atom. The van der Waals surface area contributed by atoms with Gasteiger partial charge in [-0.15, -0.1) is 0 Å². The van der Waals surface area contributed by atoms with Gasteiger partial charge in [-0.25, -0.2) is 0 Å². The van der Waals surface area contributed by atoms with Gasteiger partial charge in [-0.2, -0.15) is 0 Å². The lowest BCUT2D eigenvalue weighted by atomic mass is 10.2. The molecule has 0 bridgehead atoms. The minimum Gasteiger partial charge on any atom is -0.487 e. The molecular formula is C14H21N3O3. The van der Waals surface area contributed by atoms with Gasteiger partial charge in [0, 0.05) is 30.4 Å². The van der Waals surface area contributed by atoms with Crippen LogP contribution in [-0.4, -0.2) is 30.7 Å². The highest BCUT2D eigenvalue weighted by atomic mass is 16.6. The van der Waals surface area contributed by atoms with Crippen molar-refractivity contribution in [1.29, 1.82) is 0 Å².